The lowest BCUT2D eigenvalue weighted by Crippen LogP contribution is -2.42. The van der Waals surface area contributed by atoms with Crippen LogP contribution in [0, 0.1) is 16.0 Å². The third-order valence-electron chi connectivity index (χ3n) is 3.92. The Morgan fingerprint density at radius 3 is 2.36 bits per heavy atom. The maximum absolute atomic E-state index is 12.6. The van der Waals surface area contributed by atoms with Gasteiger partial charge >= 0.3 is 0 Å². The van der Waals surface area contributed by atoms with Gasteiger partial charge in [-0.1, -0.05) is 12.1 Å². The topological polar surface area (TPSA) is 107 Å². The van der Waals surface area contributed by atoms with Crippen LogP contribution in [-0.2, 0) is 10.0 Å². The molecule has 1 unspecified atom stereocenters. The summed E-state index contributed by atoms with van der Waals surface area (Å²) in [7, 11) is -3.84. The number of halogens is 1. The lowest BCUT2D eigenvalue weighted by Gasteiger charge is -2.32. The Morgan fingerprint density at radius 1 is 1.32 bits per heavy atom. The number of hydrogen-bond donors (Lipinski definition) is 1. The van der Waals surface area contributed by atoms with Gasteiger partial charge in [-0.25, -0.2) is 8.42 Å². The highest BCUT2D eigenvalue weighted by molar-refractivity contribution is 7.89. The van der Waals surface area contributed by atoms with Crippen molar-refractivity contribution in [2.45, 2.75) is 30.7 Å². The molecule has 1 atom stereocenters. The molecule has 9 heteroatoms. The van der Waals surface area contributed by atoms with Crippen LogP contribution < -0.4 is 5.73 Å². The van der Waals surface area contributed by atoms with Gasteiger partial charge in [0.15, 0.2) is 4.90 Å². The first-order chi connectivity index (χ1) is 9.84. The largest absolute Gasteiger partial charge is 0.328 e. The molecule has 0 saturated carbocycles. The lowest BCUT2D eigenvalue weighted by atomic mass is 9.92. The Kier molecular flexibility index (Phi) is 6.30. The minimum Gasteiger partial charge on any atom is -0.328 e. The summed E-state index contributed by atoms with van der Waals surface area (Å²) in [6.07, 6.45) is 1.36. The number of benzene rings is 1. The monoisotopic (exact) mass is 349 g/mol. The zero-order chi connectivity index (χ0) is 15.6. The molecular formula is C13H20ClN3O4S. The van der Waals surface area contributed by atoms with Crippen LogP contribution in [0.3, 0.4) is 0 Å². The van der Waals surface area contributed by atoms with Crippen molar-refractivity contribution in [1.29, 1.82) is 0 Å². The second-order valence-electron chi connectivity index (χ2n) is 5.33. The third-order valence-corrected chi connectivity index (χ3v) is 5.87. The Hall–Kier alpha value is -1.22. The van der Waals surface area contributed by atoms with E-state index in [4.69, 9.17) is 5.73 Å². The molecule has 1 saturated heterocycles. The Balaban J connectivity index is 0.00000242. The molecule has 0 aromatic heterocycles. The van der Waals surface area contributed by atoms with Gasteiger partial charge in [0.25, 0.3) is 5.69 Å². The fourth-order valence-electron chi connectivity index (χ4n) is 2.61. The maximum atomic E-state index is 12.6. The third kappa shape index (κ3) is 3.75. The first-order valence-corrected chi connectivity index (χ1v) is 8.27. The van der Waals surface area contributed by atoms with Crippen molar-refractivity contribution < 1.29 is 13.3 Å². The van der Waals surface area contributed by atoms with E-state index in [-0.39, 0.29) is 29.0 Å². The van der Waals surface area contributed by atoms with E-state index < -0.39 is 14.9 Å². The van der Waals surface area contributed by atoms with Crippen LogP contribution in [0.25, 0.3) is 0 Å². The first-order valence-electron chi connectivity index (χ1n) is 6.83. The summed E-state index contributed by atoms with van der Waals surface area (Å²) >= 11 is 0. The van der Waals surface area contributed by atoms with Gasteiger partial charge in [0, 0.05) is 25.2 Å². The van der Waals surface area contributed by atoms with Gasteiger partial charge < -0.3 is 5.73 Å². The summed E-state index contributed by atoms with van der Waals surface area (Å²) in [4.78, 5) is 10.1. The molecule has 2 N–H and O–H groups in total. The second kappa shape index (κ2) is 7.36. The van der Waals surface area contributed by atoms with E-state index in [1.165, 1.54) is 28.6 Å². The molecule has 1 aliphatic heterocycles. The van der Waals surface area contributed by atoms with Gasteiger partial charge in [0.05, 0.1) is 4.92 Å². The zero-order valence-corrected chi connectivity index (χ0v) is 13.8. The number of nitrogens with zero attached hydrogens (tertiary/aromatic N) is 2. The van der Waals surface area contributed by atoms with E-state index in [1.807, 2.05) is 6.92 Å². The smallest absolute Gasteiger partial charge is 0.289 e. The van der Waals surface area contributed by atoms with Crippen molar-refractivity contribution in [2.24, 2.45) is 11.7 Å². The summed E-state index contributed by atoms with van der Waals surface area (Å²) in [5.41, 5.74) is 5.46. The zero-order valence-electron chi connectivity index (χ0n) is 12.2. The van der Waals surface area contributed by atoms with Crippen LogP contribution in [0.5, 0.6) is 0 Å². The molecule has 22 heavy (non-hydrogen) atoms. The van der Waals surface area contributed by atoms with Crippen LogP contribution in [0.2, 0.25) is 0 Å². The number of hydrogen-bond acceptors (Lipinski definition) is 5. The number of nitrogens with two attached hydrogens (primary N) is 1. The number of nitro benzene ring substituents is 1. The van der Waals surface area contributed by atoms with Crippen LogP contribution in [-0.4, -0.2) is 36.8 Å². The van der Waals surface area contributed by atoms with Crippen molar-refractivity contribution in [1.82, 2.24) is 4.31 Å². The minimum absolute atomic E-state index is 0. The van der Waals surface area contributed by atoms with Gasteiger partial charge in [-0.3, -0.25) is 10.1 Å². The average Bonchev–Trinajstić information content (AvgIpc) is 2.47. The number of nitro groups is 1. The Labute approximate surface area is 136 Å². The summed E-state index contributed by atoms with van der Waals surface area (Å²) in [6.45, 7) is 2.61. The summed E-state index contributed by atoms with van der Waals surface area (Å²) in [5, 5.41) is 11.0. The molecule has 0 aliphatic carbocycles. The number of para-hydroxylation sites is 1. The van der Waals surface area contributed by atoms with Gasteiger partial charge in [0.1, 0.15) is 0 Å². The van der Waals surface area contributed by atoms with Crippen molar-refractivity contribution in [3.8, 4) is 0 Å². The predicted molar refractivity (Wildman–Crippen MR) is 85.5 cm³/mol. The molecule has 7 nitrogen and oxygen atoms in total. The van der Waals surface area contributed by atoms with Gasteiger partial charge in [-0.05, 0) is 31.7 Å². The normalized spacial score (nSPS) is 18.5. The van der Waals surface area contributed by atoms with E-state index in [9.17, 15) is 18.5 Å². The number of rotatable bonds is 4. The predicted octanol–water partition coefficient (Wildman–Crippen LogP) is 1.76. The standard InChI is InChI=1S/C13H19N3O4S.ClH/c1-10(14)11-6-8-15(9-7-11)21(19,20)13-5-3-2-4-12(13)16(17)18;/h2-5,10-11H,6-9,14H2,1H3;1H. The molecule has 0 spiro atoms. The van der Waals surface area contributed by atoms with E-state index in [1.54, 1.807) is 0 Å². The minimum atomic E-state index is -3.84. The number of sulfonamides is 1. The van der Waals surface area contributed by atoms with Gasteiger partial charge in [0.2, 0.25) is 10.0 Å². The highest BCUT2D eigenvalue weighted by Gasteiger charge is 2.34. The molecule has 124 valence electrons. The Bertz CT molecular complexity index is 628. The molecule has 0 bridgehead atoms. The van der Waals surface area contributed by atoms with Crippen LogP contribution in [0.15, 0.2) is 29.2 Å². The molecule has 1 heterocycles. The summed E-state index contributed by atoms with van der Waals surface area (Å²) < 4.78 is 26.5. The van der Waals surface area contributed by atoms with Crippen molar-refractivity contribution in [2.75, 3.05) is 13.1 Å². The highest BCUT2D eigenvalue weighted by Crippen LogP contribution is 2.29. The quantitative estimate of drug-likeness (QED) is 0.658. The number of piperidine rings is 1. The fourth-order valence-corrected chi connectivity index (χ4v) is 4.23. The molecular weight excluding hydrogens is 330 g/mol. The van der Waals surface area contributed by atoms with E-state index in [0.29, 0.717) is 31.8 Å². The lowest BCUT2D eigenvalue weighted by molar-refractivity contribution is -0.387. The molecule has 2 rings (SSSR count). The van der Waals surface area contributed by atoms with Crippen molar-refractivity contribution >= 4 is 28.1 Å². The van der Waals surface area contributed by atoms with Crippen LogP contribution in [0.1, 0.15) is 19.8 Å². The average molecular weight is 350 g/mol. The highest BCUT2D eigenvalue weighted by atomic mass is 35.5. The fraction of sp³-hybridized carbons (Fsp3) is 0.538. The Morgan fingerprint density at radius 2 is 1.86 bits per heavy atom. The van der Waals surface area contributed by atoms with E-state index in [2.05, 4.69) is 0 Å². The molecule has 1 aliphatic rings. The van der Waals surface area contributed by atoms with E-state index >= 15 is 0 Å². The molecule has 0 amide bonds. The second-order valence-corrected chi connectivity index (χ2v) is 7.23. The SMILES string of the molecule is CC(N)C1CCN(S(=O)(=O)c2ccccc2[N+](=O)[O-])CC1.Cl. The summed E-state index contributed by atoms with van der Waals surface area (Å²) in [5.74, 6) is 0.294. The van der Waals surface area contributed by atoms with Crippen molar-refractivity contribution in [3.05, 3.63) is 34.4 Å². The van der Waals surface area contributed by atoms with Gasteiger partial charge in [-0.2, -0.15) is 4.31 Å². The molecule has 0 radical (unpaired) electrons. The molecule has 1 aromatic rings. The van der Waals surface area contributed by atoms with Crippen molar-refractivity contribution in [3.63, 3.8) is 0 Å². The van der Waals surface area contributed by atoms with E-state index in [0.717, 1.165) is 0 Å². The molecule has 1 fully saturated rings. The summed E-state index contributed by atoms with van der Waals surface area (Å²) in [6, 6.07) is 5.47. The first kappa shape index (κ1) is 18.8. The van der Waals surface area contributed by atoms with Gasteiger partial charge in [-0.15, -0.1) is 12.4 Å². The molecule has 1 aromatic carbocycles. The maximum Gasteiger partial charge on any atom is 0.289 e. The van der Waals surface area contributed by atoms with Crippen LogP contribution in [0.4, 0.5) is 5.69 Å². The van der Waals surface area contributed by atoms with Crippen LogP contribution >= 0.6 is 12.4 Å².